The average Bonchev–Trinajstić information content (AvgIpc) is 2.50. The number of alkyl halides is 2. The molecule has 0 aliphatic rings. The van der Waals surface area contributed by atoms with Crippen molar-refractivity contribution in [3.05, 3.63) is 17.7 Å². The summed E-state index contributed by atoms with van der Waals surface area (Å²) < 4.78 is 41.0. The second kappa shape index (κ2) is 8.68. The van der Waals surface area contributed by atoms with Crippen molar-refractivity contribution >= 4 is 18.9 Å². The molecule has 0 radical (unpaired) electrons. The molecular weight excluding hydrogens is 347 g/mol. The minimum atomic E-state index is -3.10. The Morgan fingerprint density at radius 1 is 1.27 bits per heavy atom. The van der Waals surface area contributed by atoms with Gasteiger partial charge in [-0.3, -0.25) is 4.79 Å². The Hall–Kier alpha value is -1.87. The molecule has 0 saturated carbocycles. The fraction of sp³-hybridized carbons (Fsp3) is 0.588. The van der Waals surface area contributed by atoms with E-state index in [-0.39, 0.29) is 24.5 Å². The summed E-state index contributed by atoms with van der Waals surface area (Å²) in [5.74, 6) is -0.789. The largest absolute Gasteiger partial charge is 0.496 e. The summed E-state index contributed by atoms with van der Waals surface area (Å²) in [7, 11) is 1.33. The van der Waals surface area contributed by atoms with Gasteiger partial charge in [-0.15, -0.1) is 0 Å². The van der Waals surface area contributed by atoms with Crippen LogP contribution in [0, 0.1) is 0 Å². The number of methoxy groups -OCH3 is 1. The molecule has 0 bridgehead atoms. The average molecular weight is 373 g/mol. The molecule has 1 amide bonds. The quantitative estimate of drug-likeness (QED) is 0.643. The molecule has 0 fully saturated rings. The van der Waals surface area contributed by atoms with Crippen LogP contribution in [-0.4, -0.2) is 50.0 Å². The van der Waals surface area contributed by atoms with Gasteiger partial charge in [0.05, 0.1) is 18.3 Å². The van der Waals surface area contributed by atoms with Gasteiger partial charge >= 0.3 is 14.1 Å². The molecule has 0 atom stereocenters. The van der Waals surface area contributed by atoms with Crippen LogP contribution in [0.3, 0.4) is 0 Å². The van der Waals surface area contributed by atoms with E-state index < -0.39 is 23.7 Å². The molecule has 0 saturated heterocycles. The Bertz CT molecular complexity index is 632. The normalized spacial score (nSPS) is 12.1. The molecule has 0 aliphatic carbocycles. The Morgan fingerprint density at radius 2 is 1.85 bits per heavy atom. The lowest BCUT2D eigenvalue weighted by atomic mass is 9.82. The lowest BCUT2D eigenvalue weighted by molar-refractivity contribution is -0.0893. The smallest absolute Gasteiger partial charge is 0.387 e. The first kappa shape index (κ1) is 22.2. The monoisotopic (exact) mass is 373 g/mol. The van der Waals surface area contributed by atoms with E-state index in [2.05, 4.69) is 10.1 Å². The zero-order chi connectivity index (χ0) is 20.1. The number of nitrogens with one attached hydrogen (secondary N) is 1. The molecule has 0 aromatic heterocycles. The van der Waals surface area contributed by atoms with Crippen LogP contribution >= 0.6 is 0 Å². The zero-order valence-corrected chi connectivity index (χ0v) is 16.0. The fourth-order valence-corrected chi connectivity index (χ4v) is 1.99. The molecule has 9 heteroatoms. The van der Waals surface area contributed by atoms with Gasteiger partial charge in [-0.1, -0.05) is 0 Å². The third kappa shape index (κ3) is 5.57. The predicted molar refractivity (Wildman–Crippen MR) is 95.9 cm³/mol. The van der Waals surface area contributed by atoms with Crippen molar-refractivity contribution in [1.29, 1.82) is 0 Å². The Kier molecular flexibility index (Phi) is 7.40. The van der Waals surface area contributed by atoms with Crippen LogP contribution in [0.25, 0.3) is 0 Å². The van der Waals surface area contributed by atoms with Crippen molar-refractivity contribution in [3.63, 3.8) is 0 Å². The van der Waals surface area contributed by atoms with E-state index in [1.165, 1.54) is 19.2 Å². The van der Waals surface area contributed by atoms with Gasteiger partial charge in [0.1, 0.15) is 17.1 Å². The summed E-state index contributed by atoms with van der Waals surface area (Å²) in [6, 6.07) is 2.82. The van der Waals surface area contributed by atoms with E-state index in [9.17, 15) is 18.7 Å². The molecule has 1 aromatic rings. The number of carbonyl (C=O) groups is 1. The molecule has 6 nitrogen and oxygen atoms in total. The molecule has 26 heavy (non-hydrogen) atoms. The minimum absolute atomic E-state index is 0.00260. The molecular formula is C17H26BF2NO5. The summed E-state index contributed by atoms with van der Waals surface area (Å²) in [4.78, 5) is 12.2. The topological polar surface area (TPSA) is 77.0 Å². The summed E-state index contributed by atoms with van der Waals surface area (Å²) in [6.45, 7) is 5.57. The highest BCUT2D eigenvalue weighted by Crippen LogP contribution is 2.29. The highest BCUT2D eigenvalue weighted by molar-refractivity contribution is 6.47. The van der Waals surface area contributed by atoms with Gasteiger partial charge in [-0.25, -0.2) is 0 Å². The first-order chi connectivity index (χ1) is 11.9. The number of hydrogen-bond acceptors (Lipinski definition) is 5. The zero-order valence-electron chi connectivity index (χ0n) is 16.0. The van der Waals surface area contributed by atoms with Gasteiger partial charge in [0.25, 0.3) is 5.91 Å². The Morgan fingerprint density at radius 3 is 2.31 bits per heavy atom. The highest BCUT2D eigenvalue weighted by Gasteiger charge is 2.36. The van der Waals surface area contributed by atoms with Crippen molar-refractivity contribution in [3.8, 4) is 11.5 Å². The molecule has 2 N–H and O–H groups in total. The molecule has 0 unspecified atom stereocenters. The molecule has 1 rings (SSSR count). The van der Waals surface area contributed by atoms with Gasteiger partial charge in [-0.2, -0.15) is 8.78 Å². The van der Waals surface area contributed by atoms with Gasteiger partial charge < -0.3 is 24.6 Å². The Labute approximate surface area is 153 Å². The first-order valence-electron chi connectivity index (χ1n) is 8.23. The van der Waals surface area contributed by atoms with Gasteiger partial charge in [-0.05, 0) is 52.2 Å². The van der Waals surface area contributed by atoms with Crippen molar-refractivity contribution in [2.75, 3.05) is 13.7 Å². The number of amides is 1. The van der Waals surface area contributed by atoms with Gasteiger partial charge in [0.2, 0.25) is 0 Å². The van der Waals surface area contributed by atoms with Crippen LogP contribution in [-0.2, 0) is 4.65 Å². The maximum atomic E-state index is 12.8. The Balaban J connectivity index is 3.25. The minimum Gasteiger partial charge on any atom is -0.496 e. The first-order valence-corrected chi connectivity index (χ1v) is 8.23. The fourth-order valence-electron chi connectivity index (χ4n) is 1.99. The number of rotatable bonds is 9. The molecule has 1 aromatic carbocycles. The summed E-state index contributed by atoms with van der Waals surface area (Å²) in [5, 5.41) is 12.7. The summed E-state index contributed by atoms with van der Waals surface area (Å²) in [5.41, 5.74) is -1.68. The van der Waals surface area contributed by atoms with Crippen LogP contribution in [0.2, 0.25) is 0 Å². The van der Waals surface area contributed by atoms with E-state index >= 15 is 0 Å². The highest BCUT2D eigenvalue weighted by atomic mass is 19.3. The SMILES string of the molecule is CCNC(=O)c1c(OC)cc(BOC(C)(C)C(C)(C)O)cc1OC(F)F. The lowest BCUT2D eigenvalue weighted by Gasteiger charge is -2.37. The summed E-state index contributed by atoms with van der Waals surface area (Å²) in [6.07, 6.45) is 0. The van der Waals surface area contributed by atoms with Gasteiger partial charge in [0, 0.05) is 6.54 Å². The lowest BCUT2D eigenvalue weighted by Crippen LogP contribution is -2.49. The predicted octanol–water partition coefficient (Wildman–Crippen LogP) is 1.59. The molecule has 0 aliphatic heterocycles. The molecule has 146 valence electrons. The van der Waals surface area contributed by atoms with Crippen LogP contribution in [0.4, 0.5) is 8.78 Å². The number of aliphatic hydroxyl groups is 1. The molecule has 0 spiro atoms. The number of benzene rings is 1. The van der Waals surface area contributed by atoms with E-state index in [1.807, 2.05) is 0 Å². The third-order valence-corrected chi connectivity index (χ3v) is 4.20. The standard InChI is InChI=1S/C17H26BF2NO5/c1-7-21-14(22)13-11(24-6)8-10(9-12(13)25-15(19)20)18-26-17(4,5)16(2,3)23/h8-9,15,18,23H,7H2,1-6H3,(H,21,22). The summed E-state index contributed by atoms with van der Waals surface area (Å²) >= 11 is 0. The van der Waals surface area contributed by atoms with E-state index in [4.69, 9.17) is 9.39 Å². The second-order valence-corrected chi connectivity index (χ2v) is 6.77. The van der Waals surface area contributed by atoms with Crippen LogP contribution in [0.5, 0.6) is 11.5 Å². The number of carbonyl (C=O) groups excluding carboxylic acids is 1. The van der Waals surface area contributed by atoms with E-state index in [0.717, 1.165) is 0 Å². The van der Waals surface area contributed by atoms with Crippen LogP contribution in [0.1, 0.15) is 45.0 Å². The van der Waals surface area contributed by atoms with Crippen molar-refractivity contribution < 1.29 is 32.8 Å². The van der Waals surface area contributed by atoms with Crippen molar-refractivity contribution in [2.45, 2.75) is 52.4 Å². The van der Waals surface area contributed by atoms with Crippen molar-refractivity contribution in [1.82, 2.24) is 5.32 Å². The second-order valence-electron chi connectivity index (χ2n) is 6.77. The number of halogens is 2. The maximum absolute atomic E-state index is 12.8. The van der Waals surface area contributed by atoms with Crippen LogP contribution < -0.4 is 20.3 Å². The van der Waals surface area contributed by atoms with Crippen LogP contribution in [0.15, 0.2) is 12.1 Å². The maximum Gasteiger partial charge on any atom is 0.387 e. The van der Waals surface area contributed by atoms with Gasteiger partial charge in [0.15, 0.2) is 0 Å². The van der Waals surface area contributed by atoms with E-state index in [1.54, 1.807) is 34.6 Å². The number of ether oxygens (including phenoxy) is 2. The third-order valence-electron chi connectivity index (χ3n) is 4.20. The van der Waals surface area contributed by atoms with Crippen molar-refractivity contribution in [2.24, 2.45) is 0 Å². The van der Waals surface area contributed by atoms with E-state index in [0.29, 0.717) is 12.0 Å². The number of hydrogen-bond donors (Lipinski definition) is 2. The molecule has 0 heterocycles.